The number of ether oxygens (including phenoxy) is 4. The van der Waals surface area contributed by atoms with Gasteiger partial charge in [-0.15, -0.1) is 0 Å². The van der Waals surface area contributed by atoms with E-state index in [0.717, 1.165) is 18.4 Å². The van der Waals surface area contributed by atoms with Crippen LogP contribution in [0.15, 0.2) is 18.2 Å². The average molecular weight is 784 g/mol. The van der Waals surface area contributed by atoms with Crippen molar-refractivity contribution in [3.05, 3.63) is 29.3 Å². The van der Waals surface area contributed by atoms with Gasteiger partial charge in [0.05, 0.1) is 24.8 Å². The van der Waals surface area contributed by atoms with Gasteiger partial charge in [-0.3, -0.25) is 4.79 Å². The molecule has 0 aromatic heterocycles. The lowest BCUT2D eigenvalue weighted by Crippen LogP contribution is -2.65. The average Bonchev–Trinajstić information content (AvgIpc) is 3.39. The second-order valence-corrected chi connectivity index (χ2v) is 20.0. The summed E-state index contributed by atoms with van der Waals surface area (Å²) in [6.45, 7) is 23.4. The fourth-order valence-corrected chi connectivity index (χ4v) is 8.99. The number of carbonyl (C=O) groups is 4. The molecule has 1 aliphatic heterocycles. The molecule has 14 heteroatoms. The molecule has 13 nitrogen and oxygen atoms in total. The van der Waals surface area contributed by atoms with Crippen LogP contribution in [0.4, 0.5) is 9.59 Å². The monoisotopic (exact) mass is 783 g/mol. The lowest BCUT2D eigenvalue weighted by molar-refractivity contribution is -0.199. The van der Waals surface area contributed by atoms with E-state index in [0.29, 0.717) is 42.4 Å². The highest BCUT2D eigenvalue weighted by Gasteiger charge is 2.68. The molecule has 1 aromatic rings. The fraction of sp³-hybridized carbons (Fsp3) is 0.762. The molecule has 4 unspecified atom stereocenters. The second-order valence-electron chi connectivity index (χ2n) is 20.0. The number of esters is 1. The van der Waals surface area contributed by atoms with Crippen molar-refractivity contribution in [3.8, 4) is 5.75 Å². The van der Waals surface area contributed by atoms with Crippen LogP contribution in [-0.2, 0) is 34.7 Å². The van der Waals surface area contributed by atoms with Crippen molar-refractivity contribution in [2.45, 2.75) is 162 Å². The summed E-state index contributed by atoms with van der Waals surface area (Å²) in [4.78, 5) is 54.4. The number of methoxy groups -OCH3 is 1. The van der Waals surface area contributed by atoms with Crippen LogP contribution in [0, 0.1) is 23.2 Å². The van der Waals surface area contributed by atoms with E-state index in [1.165, 1.54) is 7.11 Å². The number of para-hydroxylation sites is 1. The highest BCUT2D eigenvalue weighted by atomic mass is 16.7. The van der Waals surface area contributed by atoms with Crippen LogP contribution in [0.1, 0.15) is 131 Å². The first-order chi connectivity index (χ1) is 25.8. The molecule has 1 aromatic carbocycles. The normalized spacial score (nSPS) is 27.1. The van der Waals surface area contributed by atoms with E-state index in [-0.39, 0.29) is 48.9 Å². The molecule has 2 bridgehead atoms. The number of rotatable bonds is 12. The maximum Gasteiger partial charge on any atom is 0.482 e. The van der Waals surface area contributed by atoms with Crippen LogP contribution in [0.3, 0.4) is 0 Å². The van der Waals surface area contributed by atoms with E-state index in [1.807, 2.05) is 47.6 Å². The molecule has 4 saturated carbocycles. The van der Waals surface area contributed by atoms with Gasteiger partial charge in [-0.05, 0) is 136 Å². The molecule has 0 radical (unpaired) electrons. The maximum atomic E-state index is 13.9. The Morgan fingerprint density at radius 2 is 1.55 bits per heavy atom. The first-order valence-corrected chi connectivity index (χ1v) is 20.3. The van der Waals surface area contributed by atoms with Gasteiger partial charge >= 0.3 is 25.3 Å². The van der Waals surface area contributed by atoms with E-state index in [1.54, 1.807) is 37.8 Å². The Morgan fingerprint density at radius 1 is 0.911 bits per heavy atom. The predicted octanol–water partition coefficient (Wildman–Crippen LogP) is 6.88. The number of carbonyl (C=O) groups excluding carboxylic acids is 4. The molecular formula is C42H66BN3O10. The summed E-state index contributed by atoms with van der Waals surface area (Å²) >= 11 is 0. The molecule has 5 fully saturated rings. The highest BCUT2D eigenvalue weighted by Crippen LogP contribution is 2.65. The minimum Gasteiger partial charge on any atom is -0.496 e. The Kier molecular flexibility index (Phi) is 12.5. The van der Waals surface area contributed by atoms with E-state index < -0.39 is 53.6 Å². The molecule has 0 spiro atoms. The number of alkyl carbamates (subject to hydrolysis) is 1. The van der Waals surface area contributed by atoms with Crippen molar-refractivity contribution < 1.29 is 47.4 Å². The zero-order chi connectivity index (χ0) is 41.6. The van der Waals surface area contributed by atoms with Crippen molar-refractivity contribution >= 4 is 31.2 Å². The SMILES string of the molecule is COc1c(C[C@H](NC(=O)CC2CC(N(CCNC(=O)OC(C)(C)C)C(=O)OC(C)(C)C)C2)B2OC3CC4CC(C4(C)C)C3(C)O2)cccc1C(=O)OC(C)(C)C. The van der Waals surface area contributed by atoms with Gasteiger partial charge in [0.2, 0.25) is 5.91 Å². The van der Waals surface area contributed by atoms with Crippen molar-refractivity contribution in [2.24, 2.45) is 23.2 Å². The molecule has 5 aliphatic rings. The van der Waals surface area contributed by atoms with Crippen molar-refractivity contribution in [1.29, 1.82) is 0 Å². The van der Waals surface area contributed by atoms with Gasteiger partial charge in [-0.25, -0.2) is 14.4 Å². The summed E-state index contributed by atoms with van der Waals surface area (Å²) in [5.74, 6) is 0.0697. The lowest BCUT2D eigenvalue weighted by Gasteiger charge is -2.64. The van der Waals surface area contributed by atoms with Gasteiger partial charge < -0.3 is 43.8 Å². The third-order valence-corrected chi connectivity index (χ3v) is 11.8. The molecule has 56 heavy (non-hydrogen) atoms. The van der Waals surface area contributed by atoms with Crippen molar-refractivity contribution in [1.82, 2.24) is 15.5 Å². The summed E-state index contributed by atoms with van der Waals surface area (Å²) < 4.78 is 36.1. The molecule has 2 N–H and O–H groups in total. The smallest absolute Gasteiger partial charge is 0.482 e. The number of hydrogen-bond donors (Lipinski definition) is 2. The van der Waals surface area contributed by atoms with E-state index in [2.05, 4.69) is 31.4 Å². The Labute approximate surface area is 334 Å². The summed E-state index contributed by atoms with van der Waals surface area (Å²) in [6, 6.07) is 5.20. The summed E-state index contributed by atoms with van der Waals surface area (Å²) in [7, 11) is 0.808. The standard InChI is InChI=1S/C42H66BN3O10/c1-38(2,3)52-35(48)29-16-14-15-26(34(29)51-13)22-32(43-55-31-24-27-23-30(41(27,10)11)42(31,12)56-43)45-33(47)21-25-19-28(20-25)46(37(50)54-40(7,8)9)18-17-44-36(49)53-39(4,5)6/h14-16,25,27-28,30-32H,17-24H2,1-13H3,(H,44,49)(H,45,47)/t25?,27?,28?,30?,31?,32-,42?/m0/s1. The predicted molar refractivity (Wildman–Crippen MR) is 212 cm³/mol. The third kappa shape index (κ3) is 10.1. The van der Waals surface area contributed by atoms with Crippen LogP contribution < -0.4 is 15.4 Å². The minimum atomic E-state index is -0.715. The fourth-order valence-electron chi connectivity index (χ4n) is 8.99. The second kappa shape index (κ2) is 16.0. The first-order valence-electron chi connectivity index (χ1n) is 20.3. The first kappa shape index (κ1) is 43.6. The van der Waals surface area contributed by atoms with Gasteiger partial charge in [0.15, 0.2) is 0 Å². The molecular weight excluding hydrogens is 717 g/mol. The molecule has 4 aliphatic carbocycles. The number of nitrogens with zero attached hydrogens (tertiary/aromatic N) is 1. The van der Waals surface area contributed by atoms with Gasteiger partial charge in [0.25, 0.3) is 0 Å². The largest absolute Gasteiger partial charge is 0.496 e. The topological polar surface area (TPSA) is 151 Å². The van der Waals surface area contributed by atoms with Crippen LogP contribution in [0.25, 0.3) is 0 Å². The van der Waals surface area contributed by atoms with E-state index >= 15 is 0 Å². The quantitative estimate of drug-likeness (QED) is 0.131. The van der Waals surface area contributed by atoms with Gasteiger partial charge in [0, 0.05) is 25.6 Å². The van der Waals surface area contributed by atoms with Gasteiger partial charge in [0.1, 0.15) is 28.1 Å². The maximum absolute atomic E-state index is 13.9. The molecule has 1 saturated heterocycles. The Hall–Kier alpha value is -3.52. The van der Waals surface area contributed by atoms with Gasteiger partial charge in [-0.1, -0.05) is 26.0 Å². The number of amides is 3. The Morgan fingerprint density at radius 3 is 2.14 bits per heavy atom. The van der Waals surface area contributed by atoms with E-state index in [9.17, 15) is 19.2 Å². The zero-order valence-electron chi connectivity index (χ0n) is 36.0. The van der Waals surface area contributed by atoms with Crippen LogP contribution in [0.5, 0.6) is 5.75 Å². The lowest BCUT2D eigenvalue weighted by atomic mass is 9.43. The van der Waals surface area contributed by atoms with E-state index in [4.69, 9.17) is 28.3 Å². The van der Waals surface area contributed by atoms with Gasteiger partial charge in [-0.2, -0.15) is 0 Å². The summed E-state index contributed by atoms with van der Waals surface area (Å²) in [6.07, 6.45) is 2.62. The Balaban J connectivity index is 1.29. The highest BCUT2D eigenvalue weighted by molar-refractivity contribution is 6.48. The number of hydrogen-bond acceptors (Lipinski definition) is 10. The molecule has 6 rings (SSSR count). The minimum absolute atomic E-state index is 0.0213. The summed E-state index contributed by atoms with van der Waals surface area (Å²) in [5, 5.41) is 5.98. The number of nitrogens with one attached hydrogen (secondary N) is 2. The van der Waals surface area contributed by atoms with Crippen molar-refractivity contribution in [2.75, 3.05) is 20.2 Å². The summed E-state index contributed by atoms with van der Waals surface area (Å²) in [5.41, 5.74) is -1.35. The zero-order valence-corrected chi connectivity index (χ0v) is 36.0. The molecule has 5 atom stereocenters. The Bertz CT molecular complexity index is 1630. The third-order valence-electron chi connectivity index (χ3n) is 11.8. The molecule has 312 valence electrons. The van der Waals surface area contributed by atoms with Crippen LogP contribution >= 0.6 is 0 Å². The molecule has 1 heterocycles. The number of benzene rings is 1. The van der Waals surface area contributed by atoms with Crippen molar-refractivity contribution in [3.63, 3.8) is 0 Å². The van der Waals surface area contributed by atoms with Crippen LogP contribution in [0.2, 0.25) is 0 Å². The van der Waals surface area contributed by atoms with Crippen LogP contribution in [-0.4, -0.2) is 96.8 Å². The molecule has 3 amide bonds.